The average molecular weight is 509 g/mol. The van der Waals surface area contributed by atoms with Gasteiger partial charge in [0.25, 0.3) is 0 Å². The molecule has 5 rings (SSSR count). The predicted octanol–water partition coefficient (Wildman–Crippen LogP) is 3.98. The zero-order valence-corrected chi connectivity index (χ0v) is 21.6. The van der Waals surface area contributed by atoms with Crippen LogP contribution in [0.5, 0.6) is 0 Å². The molecular weight excluding hydrogens is 480 g/mol. The highest BCUT2D eigenvalue weighted by Gasteiger charge is 2.30. The molecule has 1 aliphatic rings. The third-order valence-electron chi connectivity index (χ3n) is 6.39. The Bertz CT molecular complexity index is 1480. The third kappa shape index (κ3) is 4.56. The van der Waals surface area contributed by atoms with E-state index in [9.17, 15) is 9.59 Å². The van der Waals surface area contributed by atoms with Crippen LogP contribution >= 0.6 is 11.6 Å². The second-order valence-electron chi connectivity index (χ2n) is 10.1. The largest absolute Gasteiger partial charge is 0.455 e. The molecule has 4 heterocycles. The van der Waals surface area contributed by atoms with Crippen LogP contribution in [0.4, 0.5) is 0 Å². The molecule has 0 unspecified atom stereocenters. The monoisotopic (exact) mass is 508 g/mol. The molecule has 0 amide bonds. The van der Waals surface area contributed by atoms with Gasteiger partial charge in [0.05, 0.1) is 30.0 Å². The molecule has 0 saturated carbocycles. The van der Waals surface area contributed by atoms with Crippen LogP contribution in [0.25, 0.3) is 16.9 Å². The van der Waals surface area contributed by atoms with E-state index in [1.54, 1.807) is 38.2 Å². The summed E-state index contributed by atoms with van der Waals surface area (Å²) < 4.78 is 10.8. The first-order chi connectivity index (χ1) is 17.1. The van der Waals surface area contributed by atoms with E-state index in [0.29, 0.717) is 29.5 Å². The molecule has 1 fully saturated rings. The van der Waals surface area contributed by atoms with Crippen LogP contribution in [-0.2, 0) is 18.3 Å². The smallest absolute Gasteiger partial charge is 0.357 e. The van der Waals surface area contributed by atoms with E-state index in [4.69, 9.17) is 16.3 Å². The maximum absolute atomic E-state index is 13.6. The summed E-state index contributed by atoms with van der Waals surface area (Å²) in [5.74, 6) is 0.376. The molecule has 0 bridgehead atoms. The summed E-state index contributed by atoms with van der Waals surface area (Å²) >= 11 is 6.06. The van der Waals surface area contributed by atoms with E-state index in [1.807, 2.05) is 52.1 Å². The Balaban J connectivity index is 1.39. The molecular formula is C26H29ClN6O3. The van der Waals surface area contributed by atoms with Gasteiger partial charge in [0.1, 0.15) is 17.1 Å². The van der Waals surface area contributed by atoms with Crippen molar-refractivity contribution in [3.63, 3.8) is 0 Å². The van der Waals surface area contributed by atoms with Crippen molar-refractivity contribution in [3.05, 3.63) is 75.8 Å². The fourth-order valence-electron chi connectivity index (χ4n) is 4.70. The Morgan fingerprint density at radius 3 is 2.64 bits per heavy atom. The van der Waals surface area contributed by atoms with Gasteiger partial charge in [-0.3, -0.25) is 14.0 Å². The van der Waals surface area contributed by atoms with E-state index in [0.717, 1.165) is 30.0 Å². The molecule has 0 spiro atoms. The van der Waals surface area contributed by atoms with Gasteiger partial charge in [0, 0.05) is 31.4 Å². The van der Waals surface area contributed by atoms with Crippen LogP contribution in [0.2, 0.25) is 5.02 Å². The van der Waals surface area contributed by atoms with Gasteiger partial charge in [-0.2, -0.15) is 0 Å². The van der Waals surface area contributed by atoms with Gasteiger partial charge in [-0.25, -0.2) is 19.6 Å². The standard InChI is InChI=1S/C26H29ClN6O3/c1-26(2,3)36-24(34)21-14-29-22(30(21)4)16-31-13-11-19(15-31)33-23-20(6-5-12-28-23)32(25(33)35)18-9-7-17(27)8-10-18/h5-10,12,14,19H,11,13,15-16H2,1-4H3/t19-/m0/s1. The van der Waals surface area contributed by atoms with Crippen LogP contribution < -0.4 is 5.69 Å². The Hall–Kier alpha value is -3.43. The van der Waals surface area contributed by atoms with Crippen molar-refractivity contribution >= 4 is 28.7 Å². The number of imidazole rings is 2. The van der Waals surface area contributed by atoms with Gasteiger partial charge >= 0.3 is 11.7 Å². The highest BCUT2D eigenvalue weighted by atomic mass is 35.5. The highest BCUT2D eigenvalue weighted by Crippen LogP contribution is 2.27. The van der Waals surface area contributed by atoms with E-state index < -0.39 is 11.6 Å². The molecule has 10 heteroatoms. The van der Waals surface area contributed by atoms with E-state index >= 15 is 0 Å². The molecule has 0 aliphatic carbocycles. The van der Waals surface area contributed by atoms with Crippen molar-refractivity contribution in [2.45, 2.75) is 45.4 Å². The fourth-order valence-corrected chi connectivity index (χ4v) is 4.83. The van der Waals surface area contributed by atoms with E-state index in [2.05, 4.69) is 14.9 Å². The Morgan fingerprint density at radius 1 is 1.17 bits per heavy atom. The minimum absolute atomic E-state index is 0.0333. The zero-order chi connectivity index (χ0) is 25.6. The van der Waals surface area contributed by atoms with Crippen LogP contribution in [-0.4, -0.2) is 53.2 Å². The number of aromatic nitrogens is 5. The molecule has 0 radical (unpaired) electrons. The zero-order valence-electron chi connectivity index (χ0n) is 20.8. The maximum Gasteiger partial charge on any atom is 0.357 e. The van der Waals surface area contributed by atoms with Crippen molar-refractivity contribution in [3.8, 4) is 5.69 Å². The first kappa shape index (κ1) is 24.3. The summed E-state index contributed by atoms with van der Waals surface area (Å²) in [6.07, 6.45) is 4.08. The van der Waals surface area contributed by atoms with Gasteiger partial charge in [-0.05, 0) is 63.6 Å². The van der Waals surface area contributed by atoms with E-state index in [-0.39, 0.29) is 11.7 Å². The van der Waals surface area contributed by atoms with Crippen LogP contribution in [0.1, 0.15) is 49.5 Å². The number of hydrogen-bond acceptors (Lipinski definition) is 6. The number of nitrogens with zero attached hydrogens (tertiary/aromatic N) is 6. The number of esters is 1. The van der Waals surface area contributed by atoms with Crippen molar-refractivity contribution in [1.29, 1.82) is 0 Å². The number of carbonyl (C=O) groups excluding carboxylic acids is 1. The third-order valence-corrected chi connectivity index (χ3v) is 6.64. The number of carbonyl (C=O) groups is 1. The normalized spacial score (nSPS) is 16.6. The average Bonchev–Trinajstić information content (AvgIpc) is 3.49. The maximum atomic E-state index is 13.6. The van der Waals surface area contributed by atoms with Crippen LogP contribution in [0, 0.1) is 0 Å². The number of ether oxygens (including phenoxy) is 1. The van der Waals surface area contributed by atoms with Gasteiger partial charge < -0.3 is 9.30 Å². The summed E-state index contributed by atoms with van der Waals surface area (Å²) in [6.45, 7) is 7.55. The second-order valence-corrected chi connectivity index (χ2v) is 10.5. The van der Waals surface area contributed by atoms with Gasteiger partial charge in [-0.1, -0.05) is 11.6 Å². The number of likely N-dealkylation sites (tertiary alicyclic amines) is 1. The topological polar surface area (TPSA) is 87.2 Å². The predicted molar refractivity (Wildman–Crippen MR) is 138 cm³/mol. The molecule has 188 valence electrons. The number of fused-ring (bicyclic) bond motifs is 1. The van der Waals surface area contributed by atoms with Crippen molar-refractivity contribution in [1.82, 2.24) is 28.6 Å². The number of halogens is 1. The fraction of sp³-hybridized carbons (Fsp3) is 0.385. The Morgan fingerprint density at radius 2 is 1.92 bits per heavy atom. The molecule has 9 nitrogen and oxygen atoms in total. The molecule has 3 aromatic heterocycles. The number of rotatable bonds is 5. The van der Waals surface area contributed by atoms with E-state index in [1.165, 1.54) is 0 Å². The molecule has 36 heavy (non-hydrogen) atoms. The van der Waals surface area contributed by atoms with Gasteiger partial charge in [-0.15, -0.1) is 0 Å². The Kier molecular flexibility index (Phi) is 6.22. The summed E-state index contributed by atoms with van der Waals surface area (Å²) in [6, 6.07) is 10.9. The van der Waals surface area contributed by atoms with Crippen LogP contribution in [0.3, 0.4) is 0 Å². The summed E-state index contributed by atoms with van der Waals surface area (Å²) in [4.78, 5) is 37.4. The lowest BCUT2D eigenvalue weighted by Gasteiger charge is -2.20. The molecule has 1 atom stereocenters. The highest BCUT2D eigenvalue weighted by molar-refractivity contribution is 6.30. The quantitative estimate of drug-likeness (QED) is 0.379. The first-order valence-corrected chi connectivity index (χ1v) is 12.3. The second kappa shape index (κ2) is 9.22. The van der Waals surface area contributed by atoms with Gasteiger partial charge in [0.15, 0.2) is 5.65 Å². The number of hydrogen-bond donors (Lipinski definition) is 0. The van der Waals surface area contributed by atoms with Crippen molar-refractivity contribution in [2.75, 3.05) is 13.1 Å². The molecule has 0 N–H and O–H groups in total. The lowest BCUT2D eigenvalue weighted by atomic mass is 10.2. The molecule has 1 saturated heterocycles. The SMILES string of the molecule is Cn1c(C(=O)OC(C)(C)C)cnc1CN1CC[C@H](n2c(=O)n(-c3ccc(Cl)cc3)c3cccnc32)C1. The molecule has 4 aromatic rings. The lowest BCUT2D eigenvalue weighted by molar-refractivity contribution is 0.00584. The van der Waals surface area contributed by atoms with Crippen molar-refractivity contribution in [2.24, 2.45) is 7.05 Å². The first-order valence-electron chi connectivity index (χ1n) is 11.9. The lowest BCUT2D eigenvalue weighted by Crippen LogP contribution is -2.29. The number of pyridine rings is 1. The Labute approximate surface area is 213 Å². The molecule has 1 aromatic carbocycles. The van der Waals surface area contributed by atoms with Crippen molar-refractivity contribution < 1.29 is 9.53 Å². The molecule has 1 aliphatic heterocycles. The summed E-state index contributed by atoms with van der Waals surface area (Å²) in [7, 11) is 1.82. The van der Waals surface area contributed by atoms with Crippen LogP contribution in [0.15, 0.2) is 53.6 Å². The summed E-state index contributed by atoms with van der Waals surface area (Å²) in [5.41, 5.74) is 1.89. The number of benzene rings is 1. The minimum Gasteiger partial charge on any atom is -0.455 e. The van der Waals surface area contributed by atoms with Gasteiger partial charge in [0.2, 0.25) is 0 Å². The minimum atomic E-state index is -0.573. The summed E-state index contributed by atoms with van der Waals surface area (Å²) in [5, 5.41) is 0.615.